The van der Waals surface area contributed by atoms with Gasteiger partial charge in [-0.15, -0.1) is 0 Å². The number of rotatable bonds is 8. The molecule has 10 nitrogen and oxygen atoms in total. The highest BCUT2D eigenvalue weighted by atomic mass is 19.4. The average molecular weight is 676 g/mol. The topological polar surface area (TPSA) is 116 Å². The lowest BCUT2D eigenvalue weighted by atomic mass is 9.93. The van der Waals surface area contributed by atoms with Crippen LogP contribution in [0.25, 0.3) is 10.8 Å². The summed E-state index contributed by atoms with van der Waals surface area (Å²) in [6, 6.07) is 15.5. The van der Waals surface area contributed by atoms with Gasteiger partial charge in [0.1, 0.15) is 5.69 Å². The number of hydrogen-bond acceptors (Lipinski definition) is 8. The molecule has 2 atom stereocenters. The minimum absolute atomic E-state index is 0.130. The van der Waals surface area contributed by atoms with Crippen molar-refractivity contribution in [1.29, 1.82) is 5.26 Å². The number of aliphatic hydroxyl groups is 1. The van der Waals surface area contributed by atoms with Crippen molar-refractivity contribution in [1.82, 2.24) is 20.1 Å². The van der Waals surface area contributed by atoms with Crippen LogP contribution in [0, 0.1) is 18.3 Å². The number of anilines is 2. The van der Waals surface area contributed by atoms with E-state index in [0.717, 1.165) is 39.0 Å². The molecule has 0 bridgehead atoms. The Morgan fingerprint density at radius 2 is 1.90 bits per heavy atom. The lowest BCUT2D eigenvalue weighted by Crippen LogP contribution is -2.70. The minimum Gasteiger partial charge on any atom is -0.378 e. The van der Waals surface area contributed by atoms with Gasteiger partial charge in [0.2, 0.25) is 5.91 Å². The van der Waals surface area contributed by atoms with E-state index in [9.17, 15) is 33.1 Å². The Morgan fingerprint density at radius 1 is 1.16 bits per heavy atom. The lowest BCUT2D eigenvalue weighted by molar-refractivity contribution is -0.301. The molecule has 3 aliphatic heterocycles. The summed E-state index contributed by atoms with van der Waals surface area (Å²) in [4.78, 5) is 38.7. The van der Waals surface area contributed by atoms with Gasteiger partial charge in [-0.2, -0.15) is 18.4 Å². The number of halogens is 3. The van der Waals surface area contributed by atoms with Crippen LogP contribution in [-0.2, 0) is 17.8 Å². The first-order chi connectivity index (χ1) is 23.3. The molecule has 1 aromatic heterocycles. The Balaban J connectivity index is 1.29. The maximum Gasteiger partial charge on any atom is 0.419 e. The van der Waals surface area contributed by atoms with Crippen LogP contribution in [0.4, 0.5) is 24.5 Å². The number of nitrogens with one attached hydrogen (secondary N) is 1. The summed E-state index contributed by atoms with van der Waals surface area (Å²) in [7, 11) is 0. The van der Waals surface area contributed by atoms with Crippen molar-refractivity contribution in [3.05, 3.63) is 77.6 Å². The predicted molar refractivity (Wildman–Crippen MR) is 180 cm³/mol. The second-order valence-electron chi connectivity index (χ2n) is 13.3. The van der Waals surface area contributed by atoms with E-state index >= 15 is 0 Å². The zero-order chi connectivity index (χ0) is 35.1. The van der Waals surface area contributed by atoms with Crippen molar-refractivity contribution in [2.75, 3.05) is 55.6 Å². The van der Waals surface area contributed by atoms with Gasteiger partial charge in [0.05, 0.1) is 30.8 Å². The number of alkyl halides is 3. The van der Waals surface area contributed by atoms with Crippen molar-refractivity contribution in [2.45, 2.75) is 57.1 Å². The van der Waals surface area contributed by atoms with Crippen LogP contribution in [0.3, 0.4) is 0 Å². The fraction of sp³-hybridized carbons (Fsp3) is 0.444. The molecule has 0 radical (unpaired) electrons. The summed E-state index contributed by atoms with van der Waals surface area (Å²) in [6.45, 7) is 8.86. The summed E-state index contributed by atoms with van der Waals surface area (Å²) < 4.78 is 39.4. The van der Waals surface area contributed by atoms with Crippen LogP contribution >= 0.6 is 0 Å². The number of carbonyl (C=O) groups excluding carboxylic acids is 2. The van der Waals surface area contributed by atoms with Crippen LogP contribution in [0.2, 0.25) is 0 Å². The largest absolute Gasteiger partial charge is 0.419 e. The molecule has 6 rings (SSSR count). The number of nitrogens with zero attached hydrogens (tertiary/aromatic N) is 6. The quantitative estimate of drug-likeness (QED) is 0.345. The Bertz CT molecular complexity index is 1810. The number of aromatic nitrogens is 1. The molecule has 13 heteroatoms. The van der Waals surface area contributed by atoms with Crippen molar-refractivity contribution in [2.24, 2.45) is 0 Å². The number of nitriles is 1. The summed E-state index contributed by atoms with van der Waals surface area (Å²) in [6.07, 6.45) is -2.66. The van der Waals surface area contributed by atoms with Crippen molar-refractivity contribution < 1.29 is 27.9 Å². The highest BCUT2D eigenvalue weighted by molar-refractivity contribution is 5.97. The number of pyridine rings is 1. The molecule has 2 fully saturated rings. The molecule has 0 saturated carbocycles. The number of β-amino-alcohol motifs (C(OH)–C–C–N with tert-alkyl or cyclic N) is 1. The number of likely N-dealkylation sites (tertiary alicyclic amines) is 1. The minimum atomic E-state index is -4.71. The van der Waals surface area contributed by atoms with Crippen LogP contribution in [0.15, 0.2) is 55.1 Å². The zero-order valence-corrected chi connectivity index (χ0v) is 27.6. The third kappa shape index (κ3) is 6.67. The number of amides is 2. The van der Waals surface area contributed by atoms with E-state index in [2.05, 4.69) is 59.0 Å². The Labute approximate surface area is 283 Å². The van der Waals surface area contributed by atoms with Crippen molar-refractivity contribution >= 4 is 34.0 Å². The van der Waals surface area contributed by atoms with E-state index in [1.54, 1.807) is 17.9 Å². The molecule has 2 N–H and O–H groups in total. The van der Waals surface area contributed by atoms with E-state index in [1.807, 2.05) is 12.1 Å². The summed E-state index contributed by atoms with van der Waals surface area (Å²) >= 11 is 0. The molecule has 2 aromatic carbocycles. The van der Waals surface area contributed by atoms with E-state index < -0.39 is 36.8 Å². The molecule has 4 heterocycles. The monoisotopic (exact) mass is 675 g/mol. The summed E-state index contributed by atoms with van der Waals surface area (Å²) in [5, 5.41) is 24.6. The van der Waals surface area contributed by atoms with Gasteiger partial charge in [-0.05, 0) is 49.4 Å². The van der Waals surface area contributed by atoms with E-state index in [-0.39, 0.29) is 30.6 Å². The average Bonchev–Trinajstić information content (AvgIpc) is 3.05. The SMILES string of the molecule is C=CC(=O)N1CCN(c2cc(C(=O)N[C@H](C)CN3CC(O)(C(F)(F)F)C3)nc3c2CCN(c2cccc4cccc(C)c24)C3)C[C@@H]1CC#N. The third-order valence-corrected chi connectivity index (χ3v) is 9.84. The standard InChI is InChI=1S/C36H40F3N7O3/c1-4-32(47)46-16-15-45(19-26(46)11-13-40)31-17-28(34(48)41-24(3)18-43-21-35(49,22-43)36(37,38)39)42-29-20-44(14-12-27(29)31)30-10-6-9-25-8-5-7-23(2)33(25)30/h4-10,17,24,26,49H,1,11-12,14-16,18-22H2,2-3H3,(H,41,48)/t24-,26+/m1/s1. The highest BCUT2D eigenvalue weighted by Gasteiger charge is 2.60. The molecule has 0 aliphatic carbocycles. The van der Waals surface area contributed by atoms with Crippen LogP contribution < -0.4 is 15.1 Å². The van der Waals surface area contributed by atoms with Gasteiger partial charge in [0, 0.05) is 74.2 Å². The molecule has 0 unspecified atom stereocenters. The number of fused-ring (bicyclic) bond motifs is 2. The second kappa shape index (κ2) is 13.3. The smallest absolute Gasteiger partial charge is 0.378 e. The molecular weight excluding hydrogens is 635 g/mol. The number of hydrogen-bond donors (Lipinski definition) is 2. The zero-order valence-electron chi connectivity index (χ0n) is 27.6. The van der Waals surface area contributed by atoms with Crippen LogP contribution in [0.5, 0.6) is 0 Å². The van der Waals surface area contributed by atoms with Gasteiger partial charge in [-0.25, -0.2) is 4.98 Å². The Morgan fingerprint density at radius 3 is 2.59 bits per heavy atom. The van der Waals surface area contributed by atoms with E-state index in [0.29, 0.717) is 39.1 Å². The van der Waals surface area contributed by atoms with Gasteiger partial charge in [-0.3, -0.25) is 14.5 Å². The van der Waals surface area contributed by atoms with Crippen molar-refractivity contribution in [3.8, 4) is 6.07 Å². The Hall–Kier alpha value is -4.67. The number of benzene rings is 2. The normalized spacial score (nSPS) is 19.9. The van der Waals surface area contributed by atoms with Gasteiger partial charge in [0.25, 0.3) is 5.91 Å². The van der Waals surface area contributed by atoms with Crippen molar-refractivity contribution in [3.63, 3.8) is 0 Å². The molecule has 258 valence electrons. The van der Waals surface area contributed by atoms with Gasteiger partial charge in [-0.1, -0.05) is 36.9 Å². The number of aryl methyl sites for hydroxylation is 1. The van der Waals surface area contributed by atoms with Gasteiger partial charge < -0.3 is 25.1 Å². The fourth-order valence-corrected chi connectivity index (χ4v) is 7.39. The second-order valence-corrected chi connectivity index (χ2v) is 13.3. The van der Waals surface area contributed by atoms with E-state index in [1.165, 1.54) is 11.0 Å². The highest BCUT2D eigenvalue weighted by Crippen LogP contribution is 2.38. The maximum absolute atomic E-state index is 13.7. The van der Waals surface area contributed by atoms with Crippen LogP contribution in [0.1, 0.15) is 40.7 Å². The first-order valence-corrected chi connectivity index (χ1v) is 16.4. The molecule has 2 saturated heterocycles. The fourth-order valence-electron chi connectivity index (χ4n) is 7.39. The molecule has 2 amide bonds. The first-order valence-electron chi connectivity index (χ1n) is 16.4. The maximum atomic E-state index is 13.7. The number of carbonyl (C=O) groups is 2. The molecular formula is C36H40F3N7O3. The summed E-state index contributed by atoms with van der Waals surface area (Å²) in [5.74, 6) is -0.696. The first kappa shape index (κ1) is 34.2. The lowest BCUT2D eigenvalue weighted by Gasteiger charge is -2.47. The Kier molecular flexibility index (Phi) is 9.30. The van der Waals surface area contributed by atoms with Crippen LogP contribution in [-0.4, -0.2) is 101 Å². The number of piperazine rings is 1. The summed E-state index contributed by atoms with van der Waals surface area (Å²) in [5.41, 5.74) is 2.24. The predicted octanol–water partition coefficient (Wildman–Crippen LogP) is 3.95. The van der Waals surface area contributed by atoms with Gasteiger partial charge in [0.15, 0.2) is 5.60 Å². The van der Waals surface area contributed by atoms with Gasteiger partial charge >= 0.3 is 6.18 Å². The molecule has 0 spiro atoms. The molecule has 49 heavy (non-hydrogen) atoms. The van der Waals surface area contributed by atoms with E-state index in [4.69, 9.17) is 4.98 Å². The molecule has 3 aromatic rings. The molecule has 3 aliphatic rings. The third-order valence-electron chi connectivity index (χ3n) is 9.84.